The monoisotopic (exact) mass is 313 g/mol. The minimum absolute atomic E-state index is 0.0851. The van der Waals surface area contributed by atoms with E-state index in [0.717, 1.165) is 25.0 Å². The van der Waals surface area contributed by atoms with Crippen molar-refractivity contribution in [3.63, 3.8) is 0 Å². The largest absolute Gasteiger partial charge is 0.390 e. The van der Waals surface area contributed by atoms with E-state index in [9.17, 15) is 10.2 Å². The van der Waals surface area contributed by atoms with Crippen LogP contribution in [0, 0.1) is 5.92 Å². The molecule has 0 spiro atoms. The average molecular weight is 313 g/mol. The maximum atomic E-state index is 10.1. The van der Waals surface area contributed by atoms with E-state index < -0.39 is 12.2 Å². The highest BCUT2D eigenvalue weighted by atomic mass is 16.3. The molecule has 1 aromatic carbocycles. The maximum absolute atomic E-state index is 10.1. The summed E-state index contributed by atoms with van der Waals surface area (Å²) < 4.78 is 0. The summed E-state index contributed by atoms with van der Waals surface area (Å²) in [6.07, 6.45) is 2.61. The van der Waals surface area contributed by atoms with Gasteiger partial charge in [-0.05, 0) is 30.7 Å². The zero-order valence-corrected chi connectivity index (χ0v) is 13.3. The molecule has 1 saturated carbocycles. The number of rotatable bonds is 5. The van der Waals surface area contributed by atoms with Crippen molar-refractivity contribution in [2.24, 2.45) is 5.92 Å². The third kappa shape index (κ3) is 3.86. The minimum atomic E-state index is -0.757. The molecule has 0 radical (unpaired) electrons. The highest BCUT2D eigenvalue weighted by Gasteiger charge is 2.39. The molecule has 0 unspecified atom stereocenters. The van der Waals surface area contributed by atoms with Crippen LogP contribution in [0.2, 0.25) is 0 Å². The van der Waals surface area contributed by atoms with Gasteiger partial charge in [-0.15, -0.1) is 0 Å². The van der Waals surface area contributed by atoms with E-state index in [-0.39, 0.29) is 12.0 Å². The Bertz CT molecular complexity index is 635. The molecule has 3 N–H and O–H groups in total. The van der Waals surface area contributed by atoms with Crippen LogP contribution >= 0.6 is 0 Å². The second-order valence-corrected chi connectivity index (χ2v) is 6.33. The number of aliphatic hydroxyl groups excluding tert-OH is 2. The number of aliphatic hydroxyl groups is 2. The summed E-state index contributed by atoms with van der Waals surface area (Å²) in [7, 11) is 0. The topological polar surface area (TPSA) is 78.3 Å². The Morgan fingerprint density at radius 1 is 1.09 bits per heavy atom. The van der Waals surface area contributed by atoms with E-state index in [1.54, 1.807) is 6.33 Å². The Hall–Kier alpha value is -1.98. The van der Waals surface area contributed by atoms with Gasteiger partial charge in [-0.2, -0.15) is 0 Å². The van der Waals surface area contributed by atoms with E-state index in [1.165, 1.54) is 5.56 Å². The highest BCUT2D eigenvalue weighted by Crippen LogP contribution is 2.28. The number of aromatic nitrogens is 2. The Morgan fingerprint density at radius 3 is 2.57 bits per heavy atom. The second-order valence-electron chi connectivity index (χ2n) is 6.33. The minimum Gasteiger partial charge on any atom is -0.390 e. The number of aryl methyl sites for hydroxylation is 2. The first-order valence-electron chi connectivity index (χ1n) is 8.11. The van der Waals surface area contributed by atoms with Gasteiger partial charge in [0.1, 0.15) is 18.2 Å². The molecule has 1 aliphatic rings. The van der Waals surface area contributed by atoms with Crippen LogP contribution in [-0.4, -0.2) is 38.4 Å². The molecule has 1 aliphatic carbocycles. The summed E-state index contributed by atoms with van der Waals surface area (Å²) in [4.78, 5) is 8.54. The number of nitrogens with zero attached hydrogens (tertiary/aromatic N) is 2. The molecule has 0 amide bonds. The molecule has 23 heavy (non-hydrogen) atoms. The van der Waals surface area contributed by atoms with Crippen LogP contribution in [0.3, 0.4) is 0 Å². The Labute approximate surface area is 136 Å². The van der Waals surface area contributed by atoms with Crippen LogP contribution in [0.25, 0.3) is 0 Å². The molecule has 2 aromatic rings. The van der Waals surface area contributed by atoms with E-state index in [1.807, 2.05) is 31.2 Å². The van der Waals surface area contributed by atoms with Gasteiger partial charge in [-0.25, -0.2) is 9.97 Å². The number of hydrogen-bond acceptors (Lipinski definition) is 5. The fourth-order valence-corrected chi connectivity index (χ4v) is 3.12. The molecule has 1 heterocycles. The van der Waals surface area contributed by atoms with Gasteiger partial charge in [-0.3, -0.25) is 0 Å². The first-order chi connectivity index (χ1) is 11.1. The maximum Gasteiger partial charge on any atom is 0.129 e. The molecular weight excluding hydrogens is 290 g/mol. The van der Waals surface area contributed by atoms with Crippen molar-refractivity contribution in [1.82, 2.24) is 9.97 Å². The Morgan fingerprint density at radius 2 is 1.87 bits per heavy atom. The zero-order chi connectivity index (χ0) is 16.2. The molecule has 5 heteroatoms. The molecule has 1 fully saturated rings. The predicted molar refractivity (Wildman–Crippen MR) is 89.1 cm³/mol. The quantitative estimate of drug-likeness (QED) is 0.784. The fraction of sp³-hybridized carbons (Fsp3) is 0.444. The van der Waals surface area contributed by atoms with Gasteiger partial charge in [0, 0.05) is 11.8 Å². The number of nitrogens with one attached hydrogen (secondary N) is 1. The lowest BCUT2D eigenvalue weighted by molar-refractivity contribution is 0.0210. The summed E-state index contributed by atoms with van der Waals surface area (Å²) in [5, 5.41) is 23.1. The van der Waals surface area contributed by atoms with Crippen molar-refractivity contribution in [1.29, 1.82) is 0 Å². The molecule has 5 nitrogen and oxygen atoms in total. The van der Waals surface area contributed by atoms with Gasteiger partial charge in [0.2, 0.25) is 0 Å². The first-order valence-corrected chi connectivity index (χ1v) is 8.11. The van der Waals surface area contributed by atoms with Crippen LogP contribution < -0.4 is 5.32 Å². The van der Waals surface area contributed by atoms with Gasteiger partial charge in [0.05, 0.1) is 12.1 Å². The van der Waals surface area contributed by atoms with Gasteiger partial charge in [0.15, 0.2) is 0 Å². The number of benzene rings is 1. The first kappa shape index (κ1) is 15.9. The lowest BCUT2D eigenvalue weighted by Crippen LogP contribution is -2.35. The summed E-state index contributed by atoms with van der Waals surface area (Å²) >= 11 is 0. The van der Waals surface area contributed by atoms with Crippen molar-refractivity contribution in [3.05, 3.63) is 54.0 Å². The van der Waals surface area contributed by atoms with Crippen LogP contribution in [-0.2, 0) is 12.8 Å². The molecule has 1 aromatic heterocycles. The zero-order valence-electron chi connectivity index (χ0n) is 13.3. The number of hydrogen-bond donors (Lipinski definition) is 3. The molecule has 122 valence electrons. The lowest BCUT2D eigenvalue weighted by Gasteiger charge is -2.18. The van der Waals surface area contributed by atoms with Crippen molar-refractivity contribution in [2.75, 3.05) is 5.32 Å². The smallest absolute Gasteiger partial charge is 0.129 e. The lowest BCUT2D eigenvalue weighted by atomic mass is 10.1. The average Bonchev–Trinajstić information content (AvgIpc) is 2.81. The molecular formula is C18H23N3O2. The van der Waals surface area contributed by atoms with Crippen molar-refractivity contribution in [3.8, 4) is 0 Å². The fourth-order valence-electron chi connectivity index (χ4n) is 3.12. The number of anilines is 1. The molecule has 4 atom stereocenters. The summed E-state index contributed by atoms with van der Waals surface area (Å²) in [6, 6.07) is 12.1. The summed E-state index contributed by atoms with van der Waals surface area (Å²) in [5.41, 5.74) is 2.25. The van der Waals surface area contributed by atoms with Gasteiger partial charge in [-0.1, -0.05) is 37.3 Å². The molecule has 3 rings (SSSR count). The third-order valence-corrected chi connectivity index (χ3v) is 4.54. The summed E-state index contributed by atoms with van der Waals surface area (Å²) in [5.74, 6) is 0.787. The van der Waals surface area contributed by atoms with Gasteiger partial charge in [0.25, 0.3) is 0 Å². The van der Waals surface area contributed by atoms with Gasteiger partial charge < -0.3 is 15.5 Å². The van der Waals surface area contributed by atoms with E-state index in [2.05, 4.69) is 27.4 Å². The second kappa shape index (κ2) is 7.06. The van der Waals surface area contributed by atoms with Crippen molar-refractivity contribution < 1.29 is 10.2 Å². The Balaban J connectivity index is 1.61. The van der Waals surface area contributed by atoms with E-state index >= 15 is 0 Å². The highest BCUT2D eigenvalue weighted by molar-refractivity contribution is 5.37. The normalized spacial score (nSPS) is 27.1. The molecule has 0 bridgehead atoms. The molecule has 0 aliphatic heterocycles. The van der Waals surface area contributed by atoms with Crippen LogP contribution in [0.15, 0.2) is 42.7 Å². The SMILES string of the molecule is C[C@@H]1C[C@@H](Nc2cc(CCc3ccccc3)ncn2)[C@H](O)[C@@H]1O. The van der Waals surface area contributed by atoms with Gasteiger partial charge >= 0.3 is 0 Å². The standard InChI is InChI=1S/C18H23N3O2/c1-12-9-15(18(23)17(12)22)21-16-10-14(19-11-20-16)8-7-13-5-3-2-4-6-13/h2-6,10-12,15,17-18,22-23H,7-9H2,1H3,(H,19,20,21)/t12-,15-,17-,18+/m1/s1. The van der Waals surface area contributed by atoms with Crippen LogP contribution in [0.4, 0.5) is 5.82 Å². The van der Waals surface area contributed by atoms with Crippen LogP contribution in [0.1, 0.15) is 24.6 Å². The Kier molecular flexibility index (Phi) is 4.88. The van der Waals surface area contributed by atoms with Crippen LogP contribution in [0.5, 0.6) is 0 Å². The van der Waals surface area contributed by atoms with E-state index in [0.29, 0.717) is 5.82 Å². The van der Waals surface area contributed by atoms with E-state index in [4.69, 9.17) is 0 Å². The summed E-state index contributed by atoms with van der Waals surface area (Å²) in [6.45, 7) is 1.95. The molecule has 0 saturated heterocycles. The third-order valence-electron chi connectivity index (χ3n) is 4.54. The van der Waals surface area contributed by atoms with Crippen molar-refractivity contribution in [2.45, 2.75) is 44.4 Å². The van der Waals surface area contributed by atoms with Crippen molar-refractivity contribution >= 4 is 5.82 Å². The predicted octanol–water partition coefficient (Wildman–Crippen LogP) is 1.80.